The monoisotopic (exact) mass is 741 g/mol. The largest absolute Gasteiger partial charge is 0.462 e. The lowest BCUT2D eigenvalue weighted by Gasteiger charge is -2.46. The molecule has 1 unspecified atom stereocenters. The molecule has 1 atom stereocenters. The number of hydrogen-bond donors (Lipinski definition) is 1. The zero-order valence-corrected chi connectivity index (χ0v) is 34.1. The third-order valence-electron chi connectivity index (χ3n) is 9.14. The lowest BCUT2D eigenvalue weighted by Crippen LogP contribution is -2.67. The fourth-order valence-electron chi connectivity index (χ4n) is 6.25. The first-order chi connectivity index (χ1) is 25.8. The Hall–Kier alpha value is -3.13. The molecule has 53 heavy (non-hydrogen) atoms. The number of nitrogens with one attached hydrogen (secondary N) is 1. The van der Waals surface area contributed by atoms with Crippen LogP contribution in [0.3, 0.4) is 0 Å². The Morgan fingerprint density at radius 2 is 1.02 bits per heavy atom. The van der Waals surface area contributed by atoms with Crippen LogP contribution in [0, 0.1) is 0 Å². The van der Waals surface area contributed by atoms with Crippen molar-refractivity contribution in [1.82, 2.24) is 10.2 Å². The molecule has 302 valence electrons. The number of likely N-dealkylation sites (N-methyl/N-ethyl adjacent to an activating group) is 1. The maximum atomic E-state index is 12.7. The van der Waals surface area contributed by atoms with Crippen molar-refractivity contribution < 1.29 is 28.6 Å². The minimum absolute atomic E-state index is 0.141. The first-order valence-electron chi connectivity index (χ1n) is 21.0. The molecule has 0 aromatic heterocycles. The number of carbonyl (C=O) groups is 3. The zero-order chi connectivity index (χ0) is 38.7. The lowest BCUT2D eigenvalue weighted by molar-refractivity contribution is -0.152. The van der Waals surface area contributed by atoms with Gasteiger partial charge in [0.1, 0.15) is 13.2 Å². The number of carbonyl (C=O) groups excluding carboxylic acids is 3. The highest BCUT2D eigenvalue weighted by molar-refractivity contribution is 5.70. The van der Waals surface area contributed by atoms with Crippen molar-refractivity contribution in [3.8, 4) is 0 Å². The minimum Gasteiger partial charge on any atom is -0.462 e. The Kier molecular flexibility index (Phi) is 30.2. The van der Waals surface area contributed by atoms with Crippen LogP contribution in [0.25, 0.3) is 0 Å². The molecular weight excluding hydrogens is 665 g/mol. The number of esters is 2. The summed E-state index contributed by atoms with van der Waals surface area (Å²) >= 11 is 0. The average molecular weight is 741 g/mol. The molecule has 1 rings (SSSR count). The van der Waals surface area contributed by atoms with Crippen molar-refractivity contribution in [3.63, 3.8) is 0 Å². The van der Waals surface area contributed by atoms with Gasteiger partial charge in [0.05, 0.1) is 5.54 Å². The van der Waals surface area contributed by atoms with Gasteiger partial charge in [0.2, 0.25) is 0 Å². The Morgan fingerprint density at radius 3 is 1.47 bits per heavy atom. The molecule has 8 nitrogen and oxygen atoms in total. The van der Waals surface area contributed by atoms with E-state index in [-0.39, 0.29) is 30.7 Å². The molecule has 1 saturated heterocycles. The Morgan fingerprint density at radius 1 is 0.604 bits per heavy atom. The van der Waals surface area contributed by atoms with Crippen LogP contribution < -0.4 is 5.32 Å². The van der Waals surface area contributed by atoms with Gasteiger partial charge in [0.15, 0.2) is 6.10 Å². The molecule has 0 saturated carbocycles. The number of alkyl carbamates (subject to hydrolysis) is 1. The molecule has 1 fully saturated rings. The summed E-state index contributed by atoms with van der Waals surface area (Å²) in [5.74, 6) is -0.657. The topological polar surface area (TPSA) is 94.2 Å². The summed E-state index contributed by atoms with van der Waals surface area (Å²) in [6, 6.07) is 0. The quantitative estimate of drug-likeness (QED) is 0.0310. The number of hydrogen-bond acceptors (Lipinski definition) is 7. The fraction of sp³-hybridized carbons (Fsp3) is 0.711. The molecule has 0 radical (unpaired) electrons. The summed E-state index contributed by atoms with van der Waals surface area (Å²) in [6.07, 6.45) is 43.0. The molecule has 1 N–H and O–H groups in total. The highest BCUT2D eigenvalue weighted by Crippen LogP contribution is 2.18. The van der Waals surface area contributed by atoms with Gasteiger partial charge in [-0.05, 0) is 91.0 Å². The maximum absolute atomic E-state index is 12.7. The van der Waals surface area contributed by atoms with Crippen molar-refractivity contribution in [1.29, 1.82) is 0 Å². The number of likely N-dealkylation sites (tertiary alicyclic amines) is 1. The predicted molar refractivity (Wildman–Crippen MR) is 220 cm³/mol. The molecule has 0 aromatic carbocycles. The smallest absolute Gasteiger partial charge is 0.408 e. The molecule has 0 aliphatic carbocycles. The Balaban J connectivity index is 2.25. The normalized spacial score (nSPS) is 15.2. The van der Waals surface area contributed by atoms with E-state index in [9.17, 15) is 14.4 Å². The van der Waals surface area contributed by atoms with Gasteiger partial charge in [-0.15, -0.1) is 0 Å². The molecule has 1 aliphatic heterocycles. The molecule has 0 spiro atoms. The van der Waals surface area contributed by atoms with Crippen LogP contribution in [0.4, 0.5) is 4.79 Å². The van der Waals surface area contributed by atoms with E-state index in [0.717, 1.165) is 116 Å². The van der Waals surface area contributed by atoms with Crippen LogP contribution in [0.1, 0.15) is 162 Å². The summed E-state index contributed by atoms with van der Waals surface area (Å²) in [5.41, 5.74) is -0.371. The van der Waals surface area contributed by atoms with Crippen LogP contribution in [-0.2, 0) is 23.8 Å². The minimum atomic E-state index is -0.865. The van der Waals surface area contributed by atoms with Crippen LogP contribution in [-0.4, -0.2) is 67.9 Å². The Labute approximate surface area is 323 Å². The first-order valence-corrected chi connectivity index (χ1v) is 21.0. The van der Waals surface area contributed by atoms with Gasteiger partial charge in [-0.2, -0.15) is 0 Å². The van der Waals surface area contributed by atoms with Crippen LogP contribution in [0.2, 0.25) is 0 Å². The third-order valence-corrected chi connectivity index (χ3v) is 9.14. The van der Waals surface area contributed by atoms with Crippen molar-refractivity contribution in [2.24, 2.45) is 0 Å². The van der Waals surface area contributed by atoms with E-state index >= 15 is 0 Å². The second-order valence-electron chi connectivity index (χ2n) is 14.8. The number of allylic oxidation sites excluding steroid dienone is 10. The third kappa shape index (κ3) is 30.0. The molecular formula is C45H76N2O6. The van der Waals surface area contributed by atoms with E-state index in [1.807, 2.05) is 14.0 Å². The van der Waals surface area contributed by atoms with E-state index < -0.39 is 12.2 Å². The van der Waals surface area contributed by atoms with Gasteiger partial charge in [-0.25, -0.2) is 4.79 Å². The van der Waals surface area contributed by atoms with Crippen molar-refractivity contribution in [2.75, 3.05) is 33.4 Å². The van der Waals surface area contributed by atoms with Gasteiger partial charge >= 0.3 is 18.0 Å². The van der Waals surface area contributed by atoms with Gasteiger partial charge in [0, 0.05) is 25.9 Å². The standard InChI is InChI=1S/C45H76N2O6/c1-5-7-9-11-13-15-17-19-21-23-25-27-29-31-33-35-42(48)51-37-41(53-44(50)46-45(3)39-47(4)40-45)38-52-43(49)36-34-32-30-28-26-24-22-20-18-16-14-12-10-8-6-2/h7,9,13-16,19-22,41H,5-6,8,10-12,17-18,23-40H2,1-4H3,(H,46,50)/b9-7-,15-13-,16-14-,21-19-,22-20-. The SMILES string of the molecule is CC/C=C\C/C=C\C/C=C\CCCCCCCC(=O)OCC(COC(=O)CCCCCCC/C=C\C/C=C\CCCCC)OC(=O)NC1(C)CN(C)C1. The molecule has 0 aromatic rings. The summed E-state index contributed by atoms with van der Waals surface area (Å²) in [6.45, 7) is 7.49. The van der Waals surface area contributed by atoms with E-state index in [0.29, 0.717) is 12.8 Å². The second kappa shape index (κ2) is 33.4. The zero-order valence-electron chi connectivity index (χ0n) is 34.1. The summed E-state index contributed by atoms with van der Waals surface area (Å²) in [4.78, 5) is 39.7. The van der Waals surface area contributed by atoms with E-state index in [1.54, 1.807) is 0 Å². The highest BCUT2D eigenvalue weighted by atomic mass is 16.6. The van der Waals surface area contributed by atoms with Crippen LogP contribution in [0.5, 0.6) is 0 Å². The van der Waals surface area contributed by atoms with Crippen molar-refractivity contribution >= 4 is 18.0 Å². The lowest BCUT2D eigenvalue weighted by atomic mass is 9.93. The first kappa shape index (κ1) is 47.9. The second-order valence-corrected chi connectivity index (χ2v) is 14.8. The maximum Gasteiger partial charge on any atom is 0.408 e. The van der Waals surface area contributed by atoms with Crippen molar-refractivity contribution in [3.05, 3.63) is 60.8 Å². The summed E-state index contributed by atoms with van der Waals surface area (Å²) in [5, 5.41) is 2.90. The van der Waals surface area contributed by atoms with E-state index in [1.165, 1.54) is 25.7 Å². The summed E-state index contributed by atoms with van der Waals surface area (Å²) in [7, 11) is 1.98. The molecule has 8 heteroatoms. The summed E-state index contributed by atoms with van der Waals surface area (Å²) < 4.78 is 16.5. The van der Waals surface area contributed by atoms with Gasteiger partial charge in [-0.1, -0.05) is 126 Å². The van der Waals surface area contributed by atoms with Gasteiger partial charge in [-0.3, -0.25) is 9.59 Å². The number of unbranched alkanes of at least 4 members (excludes halogenated alkanes) is 13. The van der Waals surface area contributed by atoms with Crippen molar-refractivity contribution in [2.45, 2.75) is 174 Å². The molecule has 1 amide bonds. The van der Waals surface area contributed by atoms with E-state index in [4.69, 9.17) is 14.2 Å². The fourth-order valence-corrected chi connectivity index (χ4v) is 6.25. The number of rotatable bonds is 33. The number of amides is 1. The molecule has 1 aliphatic rings. The Bertz CT molecular complexity index is 1090. The predicted octanol–water partition coefficient (Wildman–Crippen LogP) is 11.3. The number of nitrogens with zero attached hydrogens (tertiary/aromatic N) is 1. The molecule has 1 heterocycles. The van der Waals surface area contributed by atoms with E-state index in [2.05, 4.69) is 84.8 Å². The highest BCUT2D eigenvalue weighted by Gasteiger charge is 2.38. The average Bonchev–Trinajstić information content (AvgIpc) is 3.12. The van der Waals surface area contributed by atoms with Crippen LogP contribution in [0.15, 0.2) is 60.8 Å². The van der Waals surface area contributed by atoms with Gasteiger partial charge in [0.25, 0.3) is 0 Å². The molecule has 0 bridgehead atoms. The van der Waals surface area contributed by atoms with Crippen LogP contribution >= 0.6 is 0 Å². The number of ether oxygens (including phenoxy) is 3. The van der Waals surface area contributed by atoms with Gasteiger partial charge < -0.3 is 24.4 Å².